The summed E-state index contributed by atoms with van der Waals surface area (Å²) in [6.07, 6.45) is 4.05. The van der Waals surface area contributed by atoms with Gasteiger partial charge in [0.05, 0.1) is 5.69 Å². The molecule has 0 radical (unpaired) electrons. The van der Waals surface area contributed by atoms with Gasteiger partial charge in [0.1, 0.15) is 0 Å². The minimum absolute atomic E-state index is 0.251. The van der Waals surface area contributed by atoms with Crippen molar-refractivity contribution in [1.82, 2.24) is 4.98 Å². The third-order valence-electron chi connectivity index (χ3n) is 3.65. The van der Waals surface area contributed by atoms with Crippen LogP contribution in [0.25, 0.3) is 0 Å². The second-order valence-corrected chi connectivity index (χ2v) is 5.14. The lowest BCUT2D eigenvalue weighted by atomic mass is 10.2. The molecular formula is C16H18N4O. The fraction of sp³-hybridized carbons (Fsp3) is 0.250. The molecule has 21 heavy (non-hydrogen) atoms. The van der Waals surface area contributed by atoms with Crippen molar-refractivity contribution >= 4 is 23.0 Å². The van der Waals surface area contributed by atoms with E-state index in [1.54, 1.807) is 18.3 Å². The quantitative estimate of drug-likeness (QED) is 0.907. The predicted molar refractivity (Wildman–Crippen MR) is 84.5 cm³/mol. The Hall–Kier alpha value is -2.56. The van der Waals surface area contributed by atoms with Crippen molar-refractivity contribution in [1.29, 1.82) is 0 Å². The molecule has 1 aliphatic heterocycles. The van der Waals surface area contributed by atoms with E-state index in [1.165, 1.54) is 18.5 Å². The van der Waals surface area contributed by atoms with Gasteiger partial charge in [0, 0.05) is 30.7 Å². The van der Waals surface area contributed by atoms with Gasteiger partial charge < -0.3 is 16.0 Å². The Morgan fingerprint density at radius 3 is 2.52 bits per heavy atom. The Balaban J connectivity index is 1.70. The highest BCUT2D eigenvalue weighted by Gasteiger charge is 2.13. The summed E-state index contributed by atoms with van der Waals surface area (Å²) in [7, 11) is 0. The summed E-state index contributed by atoms with van der Waals surface area (Å²) in [6.45, 7) is 2.21. The van der Waals surface area contributed by atoms with Crippen molar-refractivity contribution in [3.05, 3.63) is 48.3 Å². The van der Waals surface area contributed by atoms with Gasteiger partial charge in [0.25, 0.3) is 5.91 Å². The van der Waals surface area contributed by atoms with Crippen molar-refractivity contribution in [3.63, 3.8) is 0 Å². The van der Waals surface area contributed by atoms with Gasteiger partial charge in [-0.15, -0.1) is 0 Å². The molecule has 3 rings (SSSR count). The molecule has 0 spiro atoms. The molecule has 3 N–H and O–H groups in total. The number of hydrogen-bond acceptors (Lipinski definition) is 4. The zero-order valence-electron chi connectivity index (χ0n) is 11.7. The van der Waals surface area contributed by atoms with Crippen molar-refractivity contribution in [2.45, 2.75) is 12.8 Å². The van der Waals surface area contributed by atoms with E-state index in [0.717, 1.165) is 18.8 Å². The van der Waals surface area contributed by atoms with Gasteiger partial charge in [0.15, 0.2) is 5.69 Å². The van der Waals surface area contributed by atoms with Gasteiger partial charge in [-0.25, -0.2) is 4.98 Å². The molecule has 0 bridgehead atoms. The van der Waals surface area contributed by atoms with E-state index in [2.05, 4.69) is 15.2 Å². The second kappa shape index (κ2) is 5.83. The van der Waals surface area contributed by atoms with Crippen LogP contribution in [0, 0.1) is 0 Å². The van der Waals surface area contributed by atoms with Crippen LogP contribution in [0.2, 0.25) is 0 Å². The Kier molecular flexibility index (Phi) is 3.73. The molecule has 0 atom stereocenters. The van der Waals surface area contributed by atoms with Crippen molar-refractivity contribution in [2.24, 2.45) is 0 Å². The summed E-state index contributed by atoms with van der Waals surface area (Å²) in [4.78, 5) is 18.5. The zero-order valence-corrected chi connectivity index (χ0v) is 11.7. The lowest BCUT2D eigenvalue weighted by Crippen LogP contribution is -2.18. The van der Waals surface area contributed by atoms with Crippen LogP contribution in [-0.2, 0) is 0 Å². The summed E-state index contributed by atoms with van der Waals surface area (Å²) >= 11 is 0. The van der Waals surface area contributed by atoms with Crippen molar-refractivity contribution < 1.29 is 4.79 Å². The first-order valence-electron chi connectivity index (χ1n) is 7.11. The molecule has 5 heteroatoms. The molecule has 1 aliphatic rings. The Bertz CT molecular complexity index is 633. The number of pyridine rings is 1. The molecule has 1 fully saturated rings. The fourth-order valence-corrected chi connectivity index (χ4v) is 2.53. The van der Waals surface area contributed by atoms with E-state index in [1.807, 2.05) is 24.3 Å². The van der Waals surface area contributed by atoms with Crippen LogP contribution in [0.15, 0.2) is 42.6 Å². The van der Waals surface area contributed by atoms with Crippen LogP contribution in [0.1, 0.15) is 23.3 Å². The third kappa shape index (κ3) is 2.97. The first kappa shape index (κ1) is 13.4. The number of hydrogen-bond donors (Lipinski definition) is 2. The molecule has 0 unspecified atom stereocenters. The van der Waals surface area contributed by atoms with Crippen LogP contribution in [-0.4, -0.2) is 24.0 Å². The molecular weight excluding hydrogens is 264 g/mol. The number of rotatable bonds is 3. The Morgan fingerprint density at radius 2 is 1.86 bits per heavy atom. The summed E-state index contributed by atoms with van der Waals surface area (Å²) in [5, 5.41) is 2.82. The van der Waals surface area contributed by atoms with E-state index in [9.17, 15) is 4.79 Å². The number of amides is 1. The lowest BCUT2D eigenvalue weighted by Gasteiger charge is -2.17. The topological polar surface area (TPSA) is 71.2 Å². The van der Waals surface area contributed by atoms with Gasteiger partial charge in [-0.2, -0.15) is 0 Å². The van der Waals surface area contributed by atoms with Crippen LogP contribution < -0.4 is 16.0 Å². The highest BCUT2D eigenvalue weighted by Crippen LogP contribution is 2.22. The standard InChI is InChI=1S/C16H18N4O/c17-14-4-3-9-18-15(14)16(21)19-12-5-7-13(8-6-12)20-10-1-2-11-20/h3-9H,1-2,10-11,17H2,(H,19,21). The summed E-state index contributed by atoms with van der Waals surface area (Å²) in [5.74, 6) is -0.290. The maximum atomic E-state index is 12.1. The van der Waals surface area contributed by atoms with Gasteiger partial charge in [0.2, 0.25) is 0 Å². The number of carbonyl (C=O) groups is 1. The molecule has 5 nitrogen and oxygen atoms in total. The maximum Gasteiger partial charge on any atom is 0.276 e. The predicted octanol–water partition coefficient (Wildman–Crippen LogP) is 2.52. The normalized spacial score (nSPS) is 14.2. The zero-order chi connectivity index (χ0) is 14.7. The van der Waals surface area contributed by atoms with E-state index in [0.29, 0.717) is 5.69 Å². The third-order valence-corrected chi connectivity index (χ3v) is 3.65. The number of nitrogens with zero attached hydrogens (tertiary/aromatic N) is 2. The first-order valence-corrected chi connectivity index (χ1v) is 7.11. The van der Waals surface area contributed by atoms with E-state index in [4.69, 9.17) is 5.73 Å². The van der Waals surface area contributed by atoms with Gasteiger partial charge in [-0.05, 0) is 49.2 Å². The number of nitrogen functional groups attached to an aromatic ring is 1. The Morgan fingerprint density at radius 1 is 1.14 bits per heavy atom. The molecule has 1 amide bonds. The minimum atomic E-state index is -0.290. The number of carbonyl (C=O) groups excluding carboxylic acids is 1. The highest BCUT2D eigenvalue weighted by atomic mass is 16.1. The smallest absolute Gasteiger partial charge is 0.276 e. The minimum Gasteiger partial charge on any atom is -0.397 e. The number of anilines is 3. The van der Waals surface area contributed by atoms with E-state index < -0.39 is 0 Å². The number of aromatic nitrogens is 1. The lowest BCUT2D eigenvalue weighted by molar-refractivity contribution is 0.102. The maximum absolute atomic E-state index is 12.1. The fourth-order valence-electron chi connectivity index (χ4n) is 2.53. The van der Waals surface area contributed by atoms with Gasteiger partial charge >= 0.3 is 0 Å². The van der Waals surface area contributed by atoms with E-state index >= 15 is 0 Å². The summed E-state index contributed by atoms with van der Waals surface area (Å²) in [6, 6.07) is 11.2. The van der Waals surface area contributed by atoms with Crippen LogP contribution in [0.5, 0.6) is 0 Å². The van der Waals surface area contributed by atoms with Gasteiger partial charge in [-0.3, -0.25) is 4.79 Å². The molecule has 0 saturated carbocycles. The van der Waals surface area contributed by atoms with Crippen LogP contribution in [0.3, 0.4) is 0 Å². The SMILES string of the molecule is Nc1cccnc1C(=O)Nc1ccc(N2CCCC2)cc1. The van der Waals surface area contributed by atoms with Crippen molar-refractivity contribution in [3.8, 4) is 0 Å². The highest BCUT2D eigenvalue weighted by molar-refractivity contribution is 6.06. The molecule has 108 valence electrons. The molecule has 1 aromatic heterocycles. The van der Waals surface area contributed by atoms with Crippen molar-refractivity contribution in [2.75, 3.05) is 29.0 Å². The molecule has 1 aromatic carbocycles. The summed E-state index contributed by atoms with van der Waals surface area (Å²) < 4.78 is 0. The average molecular weight is 282 g/mol. The molecule has 2 aromatic rings. The molecule has 0 aliphatic carbocycles. The number of benzene rings is 1. The van der Waals surface area contributed by atoms with Crippen LogP contribution in [0.4, 0.5) is 17.1 Å². The second-order valence-electron chi connectivity index (χ2n) is 5.14. The van der Waals surface area contributed by atoms with E-state index in [-0.39, 0.29) is 11.6 Å². The first-order chi connectivity index (χ1) is 10.2. The number of nitrogens with two attached hydrogens (primary N) is 1. The van der Waals surface area contributed by atoms with Gasteiger partial charge in [-0.1, -0.05) is 0 Å². The Labute approximate surface area is 123 Å². The average Bonchev–Trinajstić information content (AvgIpc) is 3.02. The largest absolute Gasteiger partial charge is 0.397 e. The molecule has 2 heterocycles. The monoisotopic (exact) mass is 282 g/mol. The summed E-state index contributed by atoms with van der Waals surface area (Å²) in [5.41, 5.74) is 8.32. The number of nitrogens with one attached hydrogen (secondary N) is 1. The molecule has 1 saturated heterocycles. The van der Waals surface area contributed by atoms with Crippen LogP contribution >= 0.6 is 0 Å².